The zero-order chi connectivity index (χ0) is 16.1. The third-order valence-electron chi connectivity index (χ3n) is 4.70. The van der Waals surface area contributed by atoms with E-state index in [9.17, 15) is 9.59 Å². The van der Waals surface area contributed by atoms with Crippen molar-refractivity contribution in [3.63, 3.8) is 0 Å². The molecule has 1 aromatic rings. The zero-order valence-electron chi connectivity index (χ0n) is 13.5. The summed E-state index contributed by atoms with van der Waals surface area (Å²) in [6.45, 7) is 2.35. The number of benzene rings is 1. The first-order valence-corrected chi connectivity index (χ1v) is 8.54. The molecule has 0 radical (unpaired) electrons. The maximum atomic E-state index is 12.5. The summed E-state index contributed by atoms with van der Waals surface area (Å²) in [6, 6.07) is 10.3. The molecule has 4 nitrogen and oxygen atoms in total. The molecule has 122 valence electrons. The lowest BCUT2D eigenvalue weighted by Crippen LogP contribution is -2.44. The minimum Gasteiger partial charge on any atom is -0.337 e. The van der Waals surface area contributed by atoms with E-state index in [1.165, 1.54) is 11.1 Å². The first kappa shape index (κ1) is 15.8. The van der Waals surface area contributed by atoms with Crippen LogP contribution in [0.4, 0.5) is 0 Å². The van der Waals surface area contributed by atoms with Crippen molar-refractivity contribution in [3.05, 3.63) is 42.0 Å². The molecule has 0 bridgehead atoms. The molecular weight excluding hydrogens is 288 g/mol. The lowest BCUT2D eigenvalue weighted by Gasteiger charge is -2.29. The van der Waals surface area contributed by atoms with Crippen molar-refractivity contribution in [1.82, 2.24) is 9.80 Å². The minimum absolute atomic E-state index is 0.0728. The van der Waals surface area contributed by atoms with Crippen LogP contribution < -0.4 is 0 Å². The summed E-state index contributed by atoms with van der Waals surface area (Å²) in [5.41, 5.74) is 2.54. The van der Waals surface area contributed by atoms with Crippen LogP contribution in [0, 0.1) is 0 Å². The second-order valence-electron chi connectivity index (χ2n) is 6.31. The molecular formula is C19H24N2O2. The van der Waals surface area contributed by atoms with Gasteiger partial charge in [0, 0.05) is 26.1 Å². The van der Waals surface area contributed by atoms with Crippen molar-refractivity contribution in [3.8, 4) is 0 Å². The van der Waals surface area contributed by atoms with Crippen LogP contribution in [0.3, 0.4) is 0 Å². The number of likely N-dealkylation sites (tertiary alicyclic amines) is 1. The van der Waals surface area contributed by atoms with Crippen LogP contribution in [0.2, 0.25) is 0 Å². The van der Waals surface area contributed by atoms with E-state index >= 15 is 0 Å². The third kappa shape index (κ3) is 4.01. The first-order valence-electron chi connectivity index (χ1n) is 8.54. The van der Waals surface area contributed by atoms with E-state index in [1.54, 1.807) is 4.90 Å². The smallest absolute Gasteiger partial charge is 0.242 e. The Morgan fingerprint density at radius 2 is 1.83 bits per heavy atom. The van der Waals surface area contributed by atoms with Crippen LogP contribution in [0.25, 0.3) is 5.57 Å². The van der Waals surface area contributed by atoms with Gasteiger partial charge in [-0.3, -0.25) is 9.59 Å². The molecule has 0 N–H and O–H groups in total. The summed E-state index contributed by atoms with van der Waals surface area (Å²) in [6.07, 6.45) is 6.66. The number of carbonyl (C=O) groups excluding carboxylic acids is 2. The van der Waals surface area contributed by atoms with Crippen LogP contribution in [-0.2, 0) is 9.59 Å². The Labute approximate surface area is 137 Å². The fourth-order valence-corrected chi connectivity index (χ4v) is 3.28. The fraction of sp³-hybridized carbons (Fsp3) is 0.474. The summed E-state index contributed by atoms with van der Waals surface area (Å²) in [7, 11) is 0. The predicted octanol–water partition coefficient (Wildman–Crippen LogP) is 2.70. The average Bonchev–Trinajstić information content (AvgIpc) is 2.80. The summed E-state index contributed by atoms with van der Waals surface area (Å²) in [5, 5.41) is 0. The molecule has 3 rings (SSSR count). The Hall–Kier alpha value is -2.10. The summed E-state index contributed by atoms with van der Waals surface area (Å²) < 4.78 is 0. The van der Waals surface area contributed by atoms with Crippen LogP contribution >= 0.6 is 0 Å². The van der Waals surface area contributed by atoms with Crippen molar-refractivity contribution >= 4 is 17.4 Å². The van der Waals surface area contributed by atoms with Crippen LogP contribution in [0.15, 0.2) is 36.4 Å². The maximum Gasteiger partial charge on any atom is 0.242 e. The number of hydrogen-bond donors (Lipinski definition) is 0. The van der Waals surface area contributed by atoms with Gasteiger partial charge in [0.1, 0.15) is 0 Å². The summed E-state index contributed by atoms with van der Waals surface area (Å²) >= 11 is 0. The number of rotatable bonds is 3. The van der Waals surface area contributed by atoms with Crippen molar-refractivity contribution in [2.45, 2.75) is 32.1 Å². The second kappa shape index (κ2) is 7.44. The molecule has 0 unspecified atom stereocenters. The quantitative estimate of drug-likeness (QED) is 0.861. The Morgan fingerprint density at radius 3 is 2.57 bits per heavy atom. The summed E-state index contributed by atoms with van der Waals surface area (Å²) in [4.78, 5) is 28.1. The number of nitrogens with zero attached hydrogens (tertiary/aromatic N) is 2. The van der Waals surface area contributed by atoms with E-state index in [1.807, 2.05) is 23.1 Å². The van der Waals surface area contributed by atoms with Crippen molar-refractivity contribution < 1.29 is 9.59 Å². The molecule has 1 fully saturated rings. The largest absolute Gasteiger partial charge is 0.337 e. The van der Waals surface area contributed by atoms with Crippen molar-refractivity contribution in [2.24, 2.45) is 0 Å². The predicted molar refractivity (Wildman–Crippen MR) is 90.7 cm³/mol. The average molecular weight is 312 g/mol. The van der Waals surface area contributed by atoms with Crippen LogP contribution in [-0.4, -0.2) is 47.8 Å². The molecule has 2 aliphatic rings. The minimum atomic E-state index is 0.0728. The van der Waals surface area contributed by atoms with E-state index in [4.69, 9.17) is 0 Å². The second-order valence-corrected chi connectivity index (χ2v) is 6.31. The van der Waals surface area contributed by atoms with Gasteiger partial charge in [0.25, 0.3) is 0 Å². The highest BCUT2D eigenvalue weighted by Crippen LogP contribution is 2.22. The Balaban J connectivity index is 1.57. The molecule has 0 spiro atoms. The summed E-state index contributed by atoms with van der Waals surface area (Å²) in [5.74, 6) is 0.206. The molecule has 0 aliphatic carbocycles. The number of hydrogen-bond acceptors (Lipinski definition) is 2. The molecule has 2 aliphatic heterocycles. The molecule has 1 saturated heterocycles. The molecule has 0 saturated carbocycles. The van der Waals surface area contributed by atoms with Gasteiger partial charge in [0.05, 0.1) is 6.54 Å². The maximum absolute atomic E-state index is 12.5. The number of amides is 2. The van der Waals surface area contributed by atoms with Crippen molar-refractivity contribution in [2.75, 3.05) is 26.2 Å². The molecule has 0 atom stereocenters. The van der Waals surface area contributed by atoms with Gasteiger partial charge in [-0.15, -0.1) is 0 Å². The Morgan fingerprint density at radius 1 is 1.00 bits per heavy atom. The molecule has 2 amide bonds. The third-order valence-corrected chi connectivity index (χ3v) is 4.70. The van der Waals surface area contributed by atoms with Gasteiger partial charge in [-0.2, -0.15) is 0 Å². The Bertz CT molecular complexity index is 595. The van der Waals surface area contributed by atoms with E-state index in [2.05, 4.69) is 18.2 Å². The lowest BCUT2D eigenvalue weighted by molar-refractivity contribution is -0.140. The topological polar surface area (TPSA) is 40.6 Å². The van der Waals surface area contributed by atoms with E-state index in [-0.39, 0.29) is 18.4 Å². The van der Waals surface area contributed by atoms with Crippen LogP contribution in [0.1, 0.15) is 37.7 Å². The highest BCUT2D eigenvalue weighted by atomic mass is 16.2. The zero-order valence-corrected chi connectivity index (χ0v) is 13.5. The molecule has 1 aromatic carbocycles. The van der Waals surface area contributed by atoms with E-state index in [0.29, 0.717) is 13.0 Å². The van der Waals surface area contributed by atoms with E-state index in [0.717, 1.165) is 38.8 Å². The molecule has 4 heteroatoms. The van der Waals surface area contributed by atoms with Gasteiger partial charge >= 0.3 is 0 Å². The lowest BCUT2D eigenvalue weighted by atomic mass is 9.99. The monoisotopic (exact) mass is 312 g/mol. The molecule has 0 aromatic heterocycles. The van der Waals surface area contributed by atoms with Gasteiger partial charge in [0.15, 0.2) is 0 Å². The number of carbonyl (C=O) groups is 2. The fourth-order valence-electron chi connectivity index (χ4n) is 3.28. The Kier molecular flexibility index (Phi) is 5.11. The van der Waals surface area contributed by atoms with E-state index < -0.39 is 0 Å². The standard InChI is InChI=1S/C19H24N2O2/c22-18-9-5-2-6-12-21(18)15-19(23)20-13-10-17(11-14-20)16-7-3-1-4-8-16/h1,3-4,7-8,10H,2,5-6,9,11-15H2. The highest BCUT2D eigenvalue weighted by Gasteiger charge is 2.23. The highest BCUT2D eigenvalue weighted by molar-refractivity contribution is 5.85. The van der Waals surface area contributed by atoms with Gasteiger partial charge in [-0.05, 0) is 30.4 Å². The van der Waals surface area contributed by atoms with Gasteiger partial charge in [-0.1, -0.05) is 42.8 Å². The van der Waals surface area contributed by atoms with Gasteiger partial charge in [-0.25, -0.2) is 0 Å². The first-order chi connectivity index (χ1) is 11.2. The SMILES string of the molecule is O=C(CN1CCCCCC1=O)N1CC=C(c2ccccc2)CC1. The normalized spacial score (nSPS) is 19.3. The van der Waals surface area contributed by atoms with Crippen molar-refractivity contribution in [1.29, 1.82) is 0 Å². The molecule has 2 heterocycles. The van der Waals surface area contributed by atoms with Gasteiger partial charge in [0.2, 0.25) is 11.8 Å². The van der Waals surface area contributed by atoms with Gasteiger partial charge < -0.3 is 9.80 Å². The van der Waals surface area contributed by atoms with Crippen LogP contribution in [0.5, 0.6) is 0 Å². The molecule has 23 heavy (non-hydrogen) atoms.